The molecule has 11 nitrogen and oxygen atoms in total. The van der Waals surface area contributed by atoms with Gasteiger partial charge < -0.3 is 33.8 Å². The van der Waals surface area contributed by atoms with Gasteiger partial charge in [0.05, 0.1) is 36.2 Å². The maximum atomic E-state index is 15.9. The van der Waals surface area contributed by atoms with E-state index in [0.717, 1.165) is 37.8 Å². The Bertz CT molecular complexity index is 1860. The number of fused-ring (bicyclic) bond motifs is 2. The number of ether oxygens (including phenoxy) is 2. The second-order valence-electron chi connectivity index (χ2n) is 12.1. The second-order valence-corrected chi connectivity index (χ2v) is 12.5. The summed E-state index contributed by atoms with van der Waals surface area (Å²) >= 11 is 6.30. The van der Waals surface area contributed by atoms with E-state index in [4.69, 9.17) is 21.1 Å². The normalized spacial score (nSPS) is 20.8. The molecule has 0 bridgehead atoms. The number of pyridine rings is 3. The van der Waals surface area contributed by atoms with Crippen LogP contribution in [0.5, 0.6) is 11.8 Å². The number of carbonyl (C=O) groups is 1. The zero-order chi connectivity index (χ0) is 31.6. The first kappa shape index (κ1) is 29.3. The molecule has 0 spiro atoms. The van der Waals surface area contributed by atoms with Gasteiger partial charge in [-0.15, -0.1) is 0 Å². The number of rotatable bonds is 9. The minimum atomic E-state index is -1.39. The number of likely N-dealkylation sites (N-methyl/N-ethyl adjacent to an activating group) is 1. The van der Waals surface area contributed by atoms with E-state index in [-0.39, 0.29) is 30.0 Å². The first-order valence-electron chi connectivity index (χ1n) is 14.7. The summed E-state index contributed by atoms with van der Waals surface area (Å²) < 4.78 is 28.7. The number of carboxylic acid groups (broad SMARTS) is 1. The van der Waals surface area contributed by atoms with Crippen LogP contribution in [0.3, 0.4) is 0 Å². The van der Waals surface area contributed by atoms with Crippen LogP contribution in [-0.4, -0.2) is 89.5 Å². The smallest absolute Gasteiger partial charge is 0.341 e. The Kier molecular flexibility index (Phi) is 7.28. The summed E-state index contributed by atoms with van der Waals surface area (Å²) in [7, 11) is 5.60. The second kappa shape index (κ2) is 11.2. The van der Waals surface area contributed by atoms with Crippen molar-refractivity contribution in [3.63, 3.8) is 0 Å². The molecule has 234 valence electrons. The largest absolute Gasteiger partial charge is 0.481 e. The molecule has 2 aliphatic heterocycles. The van der Waals surface area contributed by atoms with Crippen LogP contribution in [-0.2, 0) is 0 Å². The topological polar surface area (TPSA) is 113 Å². The van der Waals surface area contributed by atoms with E-state index in [1.807, 2.05) is 31.1 Å². The number of hydrogen-bond acceptors (Lipinski definition) is 9. The van der Waals surface area contributed by atoms with Crippen molar-refractivity contribution in [2.75, 3.05) is 50.7 Å². The standard InChI is InChI=1S/C32H32ClFN6O5/c1-37(2)20-13-38(14-20)28-6-4-18(12-35-28)39-15-22(32(42)43)30(41)21-10-24(34)27(11-26(21)39)40-19(8-17-9-25(17)40)16-45-31-23(33)5-7-29(36-31)44-3/h4-7,10-12,15,17,19-20,25H,8-9,13-14,16H2,1-3H3,(H,42,43)/t17?,19-,25?/m1/s1. The number of methoxy groups -OCH3 is 1. The van der Waals surface area contributed by atoms with Crippen molar-refractivity contribution in [1.29, 1.82) is 0 Å². The molecule has 3 aliphatic rings. The SMILES string of the molecule is COc1ccc(Cl)c(OC[C@H]2CC3CC3N2c2cc3c(cc2F)c(=O)c(C(=O)O)cn3-c2ccc(N3CC(N(C)C)C3)nc2)n1. The maximum Gasteiger partial charge on any atom is 0.341 e. The number of halogens is 2. The molecule has 4 aromatic rings. The van der Waals surface area contributed by atoms with Crippen LogP contribution >= 0.6 is 11.6 Å². The lowest BCUT2D eigenvalue weighted by Gasteiger charge is -2.43. The van der Waals surface area contributed by atoms with Gasteiger partial charge in [0.15, 0.2) is 0 Å². The first-order chi connectivity index (χ1) is 21.6. The van der Waals surface area contributed by atoms with Crippen LogP contribution in [0.1, 0.15) is 23.2 Å². The number of carboxylic acids is 1. The Hall–Kier alpha value is -4.42. The van der Waals surface area contributed by atoms with Crippen molar-refractivity contribution in [1.82, 2.24) is 19.4 Å². The highest BCUT2D eigenvalue weighted by Gasteiger charge is 2.53. The summed E-state index contributed by atoms with van der Waals surface area (Å²) in [6.07, 6.45) is 4.65. The van der Waals surface area contributed by atoms with Gasteiger partial charge in [0.2, 0.25) is 17.2 Å². The number of benzene rings is 1. The molecule has 5 heterocycles. The Labute approximate surface area is 263 Å². The molecule has 1 N–H and O–H groups in total. The summed E-state index contributed by atoms with van der Waals surface area (Å²) in [6, 6.07) is 10.2. The molecule has 2 unspecified atom stereocenters. The van der Waals surface area contributed by atoms with Gasteiger partial charge in [-0.25, -0.2) is 14.2 Å². The highest BCUT2D eigenvalue weighted by molar-refractivity contribution is 6.31. The Balaban J connectivity index is 1.25. The van der Waals surface area contributed by atoms with Gasteiger partial charge in [-0.3, -0.25) is 4.79 Å². The molecule has 7 rings (SSSR count). The van der Waals surface area contributed by atoms with Crippen molar-refractivity contribution < 1.29 is 23.8 Å². The van der Waals surface area contributed by atoms with E-state index in [1.54, 1.807) is 29.0 Å². The van der Waals surface area contributed by atoms with Crippen molar-refractivity contribution in [2.45, 2.75) is 31.0 Å². The van der Waals surface area contributed by atoms with Crippen molar-refractivity contribution in [2.24, 2.45) is 5.92 Å². The lowest BCUT2D eigenvalue weighted by atomic mass is 10.1. The number of piperidine rings is 1. The van der Waals surface area contributed by atoms with Gasteiger partial charge in [0, 0.05) is 42.8 Å². The van der Waals surface area contributed by atoms with E-state index < -0.39 is 22.8 Å². The third kappa shape index (κ3) is 5.21. The number of aromatic carboxylic acids is 1. The summed E-state index contributed by atoms with van der Waals surface area (Å²) in [5, 5.41) is 10.1. The summed E-state index contributed by atoms with van der Waals surface area (Å²) in [5.74, 6) is -0.197. The molecule has 1 saturated carbocycles. The lowest BCUT2D eigenvalue weighted by molar-refractivity contribution is 0.0695. The van der Waals surface area contributed by atoms with E-state index >= 15 is 4.39 Å². The average molecular weight is 635 g/mol. The molecule has 1 aromatic carbocycles. The summed E-state index contributed by atoms with van der Waals surface area (Å²) in [6.45, 7) is 1.93. The van der Waals surface area contributed by atoms with E-state index in [0.29, 0.717) is 39.8 Å². The predicted octanol–water partition coefficient (Wildman–Crippen LogP) is 4.08. The molecule has 3 aromatic heterocycles. The zero-order valence-electron chi connectivity index (χ0n) is 25.0. The molecular formula is C32H32ClFN6O5. The molecule has 13 heteroatoms. The van der Waals surface area contributed by atoms with Crippen molar-refractivity contribution in [3.05, 3.63) is 75.4 Å². The van der Waals surface area contributed by atoms with Crippen LogP contribution in [0.25, 0.3) is 16.6 Å². The molecule has 0 amide bonds. The van der Waals surface area contributed by atoms with Gasteiger partial charge in [0.1, 0.15) is 28.8 Å². The Morgan fingerprint density at radius 3 is 2.67 bits per heavy atom. The summed E-state index contributed by atoms with van der Waals surface area (Å²) in [4.78, 5) is 40.6. The van der Waals surface area contributed by atoms with Crippen LogP contribution in [0.15, 0.2) is 53.6 Å². The number of aromatic nitrogens is 3. The Morgan fingerprint density at radius 1 is 1.18 bits per heavy atom. The zero-order valence-corrected chi connectivity index (χ0v) is 25.7. The fourth-order valence-electron chi connectivity index (χ4n) is 6.45. The third-order valence-corrected chi connectivity index (χ3v) is 9.42. The van der Waals surface area contributed by atoms with Gasteiger partial charge in [-0.1, -0.05) is 11.6 Å². The van der Waals surface area contributed by atoms with Gasteiger partial charge in [0.25, 0.3) is 0 Å². The monoisotopic (exact) mass is 634 g/mol. The number of hydrogen-bond donors (Lipinski definition) is 1. The van der Waals surface area contributed by atoms with Gasteiger partial charge in [-0.05, 0) is 63.2 Å². The third-order valence-electron chi connectivity index (χ3n) is 9.13. The molecule has 3 atom stereocenters. The minimum absolute atomic E-state index is 0.0245. The highest BCUT2D eigenvalue weighted by Crippen LogP contribution is 2.50. The molecule has 1 aliphatic carbocycles. The molecule has 2 saturated heterocycles. The lowest BCUT2D eigenvalue weighted by Crippen LogP contribution is -2.57. The maximum absolute atomic E-state index is 15.9. The highest BCUT2D eigenvalue weighted by atomic mass is 35.5. The Morgan fingerprint density at radius 2 is 1.98 bits per heavy atom. The quantitative estimate of drug-likeness (QED) is 0.289. The van der Waals surface area contributed by atoms with E-state index in [2.05, 4.69) is 19.8 Å². The van der Waals surface area contributed by atoms with Crippen LogP contribution in [0.4, 0.5) is 15.9 Å². The number of nitrogens with zero attached hydrogens (tertiary/aromatic N) is 6. The van der Waals surface area contributed by atoms with Crippen LogP contribution in [0, 0.1) is 11.7 Å². The minimum Gasteiger partial charge on any atom is -0.481 e. The average Bonchev–Trinajstić information content (AvgIpc) is 3.66. The van der Waals surface area contributed by atoms with Crippen LogP contribution < -0.4 is 24.7 Å². The van der Waals surface area contributed by atoms with Crippen molar-refractivity contribution >= 4 is 40.0 Å². The van der Waals surface area contributed by atoms with Crippen molar-refractivity contribution in [3.8, 4) is 17.4 Å². The number of anilines is 2. The van der Waals surface area contributed by atoms with Gasteiger partial charge >= 0.3 is 5.97 Å². The van der Waals surface area contributed by atoms with E-state index in [1.165, 1.54) is 13.3 Å². The van der Waals surface area contributed by atoms with Gasteiger partial charge in [-0.2, -0.15) is 4.98 Å². The van der Waals surface area contributed by atoms with Crippen LogP contribution in [0.2, 0.25) is 5.02 Å². The molecule has 0 radical (unpaired) electrons. The molecule has 3 fully saturated rings. The predicted molar refractivity (Wildman–Crippen MR) is 168 cm³/mol. The molecular weight excluding hydrogens is 603 g/mol. The first-order valence-corrected chi connectivity index (χ1v) is 15.1. The molecule has 45 heavy (non-hydrogen) atoms. The fourth-order valence-corrected chi connectivity index (χ4v) is 6.61. The van der Waals surface area contributed by atoms with E-state index in [9.17, 15) is 14.7 Å². The fraction of sp³-hybridized carbons (Fsp3) is 0.375. The summed E-state index contributed by atoms with van der Waals surface area (Å²) in [5.41, 5.74) is 0.0599.